The van der Waals surface area contributed by atoms with Crippen LogP contribution in [0.1, 0.15) is 33.1 Å². The smallest absolute Gasteiger partial charge is 0.302 e. The second-order valence-corrected chi connectivity index (χ2v) is 4.35. The van der Waals surface area contributed by atoms with Crippen molar-refractivity contribution in [3.63, 3.8) is 0 Å². The Balaban J connectivity index is 1.94. The average molecular weight is 168 g/mol. The lowest BCUT2D eigenvalue weighted by Gasteiger charge is -2.24. The Kier molecular flexibility index (Phi) is 1.85. The number of carbonyl (C=O) groups excluding carboxylic acids is 1. The first-order valence-electron chi connectivity index (χ1n) is 4.84. The van der Waals surface area contributed by atoms with Crippen LogP contribution in [0.25, 0.3) is 0 Å². The molecule has 0 aromatic carbocycles. The summed E-state index contributed by atoms with van der Waals surface area (Å²) < 4.78 is 5.25. The molecule has 2 rings (SSSR count). The molecule has 2 aliphatic rings. The third-order valence-electron chi connectivity index (χ3n) is 3.46. The third kappa shape index (κ3) is 1.23. The first-order valence-corrected chi connectivity index (χ1v) is 4.84. The summed E-state index contributed by atoms with van der Waals surface area (Å²) in [5, 5.41) is 0. The zero-order valence-electron chi connectivity index (χ0n) is 7.75. The van der Waals surface area contributed by atoms with E-state index >= 15 is 0 Å². The highest BCUT2D eigenvalue weighted by molar-refractivity contribution is 5.66. The summed E-state index contributed by atoms with van der Waals surface area (Å²) in [5.74, 6) is 2.26. The molecule has 2 aliphatic carbocycles. The third-order valence-corrected chi connectivity index (χ3v) is 3.46. The zero-order chi connectivity index (χ0) is 8.72. The number of carbonyl (C=O) groups is 1. The van der Waals surface area contributed by atoms with Crippen LogP contribution in [0.5, 0.6) is 0 Å². The molecule has 12 heavy (non-hydrogen) atoms. The van der Waals surface area contributed by atoms with Gasteiger partial charge in [-0.15, -0.1) is 0 Å². The van der Waals surface area contributed by atoms with Crippen molar-refractivity contribution in [2.45, 2.75) is 39.2 Å². The Bertz CT molecular complexity index is 198. The first kappa shape index (κ1) is 8.09. The quantitative estimate of drug-likeness (QED) is 0.560. The average Bonchev–Trinajstić information content (AvgIpc) is 2.44. The summed E-state index contributed by atoms with van der Waals surface area (Å²) in [5.41, 5.74) is 0. The number of ether oxygens (including phenoxy) is 1. The number of hydrogen-bond acceptors (Lipinski definition) is 2. The van der Waals surface area contributed by atoms with Gasteiger partial charge in [-0.05, 0) is 37.0 Å². The zero-order valence-corrected chi connectivity index (χ0v) is 7.75. The Hall–Kier alpha value is -0.530. The first-order chi connectivity index (χ1) is 5.66. The van der Waals surface area contributed by atoms with E-state index in [0.29, 0.717) is 5.92 Å². The molecule has 0 aromatic heterocycles. The molecule has 0 N–H and O–H groups in total. The van der Waals surface area contributed by atoms with Crippen LogP contribution in [0.15, 0.2) is 0 Å². The lowest BCUT2D eigenvalue weighted by atomic mass is 9.89. The SMILES string of the molecule is CC(=O)OC1CC2CC1CC2C. The van der Waals surface area contributed by atoms with E-state index in [-0.39, 0.29) is 12.1 Å². The predicted molar refractivity (Wildman–Crippen MR) is 45.5 cm³/mol. The van der Waals surface area contributed by atoms with Crippen LogP contribution < -0.4 is 0 Å². The topological polar surface area (TPSA) is 26.3 Å². The molecular weight excluding hydrogens is 152 g/mol. The van der Waals surface area contributed by atoms with Crippen LogP contribution in [0.4, 0.5) is 0 Å². The molecule has 0 aliphatic heterocycles. The van der Waals surface area contributed by atoms with E-state index in [0.717, 1.165) is 18.3 Å². The maximum absolute atomic E-state index is 10.7. The van der Waals surface area contributed by atoms with Gasteiger partial charge in [-0.1, -0.05) is 6.92 Å². The fraction of sp³-hybridized carbons (Fsp3) is 0.900. The van der Waals surface area contributed by atoms with Crippen molar-refractivity contribution in [3.8, 4) is 0 Å². The van der Waals surface area contributed by atoms with Gasteiger partial charge in [-0.25, -0.2) is 0 Å². The number of esters is 1. The van der Waals surface area contributed by atoms with E-state index in [1.165, 1.54) is 19.8 Å². The molecule has 0 amide bonds. The van der Waals surface area contributed by atoms with Crippen molar-refractivity contribution in [1.29, 1.82) is 0 Å². The van der Waals surface area contributed by atoms with E-state index in [1.807, 2.05) is 0 Å². The van der Waals surface area contributed by atoms with Crippen LogP contribution in [0.3, 0.4) is 0 Å². The highest BCUT2D eigenvalue weighted by Crippen LogP contribution is 2.49. The minimum Gasteiger partial charge on any atom is -0.462 e. The number of rotatable bonds is 1. The molecule has 2 bridgehead atoms. The Morgan fingerprint density at radius 3 is 2.42 bits per heavy atom. The molecule has 0 aromatic rings. The minimum absolute atomic E-state index is 0.111. The normalized spacial score (nSPS) is 44.8. The van der Waals surface area contributed by atoms with Gasteiger partial charge in [0, 0.05) is 6.92 Å². The fourth-order valence-corrected chi connectivity index (χ4v) is 2.87. The Labute approximate surface area is 73.3 Å². The number of hydrogen-bond donors (Lipinski definition) is 0. The Morgan fingerprint density at radius 2 is 2.00 bits per heavy atom. The van der Waals surface area contributed by atoms with Gasteiger partial charge in [-0.3, -0.25) is 4.79 Å². The van der Waals surface area contributed by atoms with E-state index in [9.17, 15) is 4.79 Å². The van der Waals surface area contributed by atoms with Crippen molar-refractivity contribution in [3.05, 3.63) is 0 Å². The molecule has 0 heterocycles. The molecule has 2 heteroatoms. The van der Waals surface area contributed by atoms with Gasteiger partial charge in [0.15, 0.2) is 0 Å². The van der Waals surface area contributed by atoms with Crippen molar-refractivity contribution in [2.75, 3.05) is 0 Å². The predicted octanol–water partition coefficient (Wildman–Crippen LogP) is 1.98. The summed E-state index contributed by atoms with van der Waals surface area (Å²) in [7, 11) is 0. The van der Waals surface area contributed by atoms with Crippen molar-refractivity contribution < 1.29 is 9.53 Å². The lowest BCUT2D eigenvalue weighted by Crippen LogP contribution is -2.25. The van der Waals surface area contributed by atoms with Crippen LogP contribution in [0, 0.1) is 17.8 Å². The molecule has 4 atom stereocenters. The summed E-state index contributed by atoms with van der Waals surface area (Å²) in [6, 6.07) is 0. The van der Waals surface area contributed by atoms with E-state index in [4.69, 9.17) is 4.74 Å². The van der Waals surface area contributed by atoms with E-state index in [2.05, 4.69) is 6.92 Å². The monoisotopic (exact) mass is 168 g/mol. The molecule has 68 valence electrons. The summed E-state index contributed by atoms with van der Waals surface area (Å²) in [6.45, 7) is 3.82. The fourth-order valence-electron chi connectivity index (χ4n) is 2.87. The molecule has 0 spiro atoms. The van der Waals surface area contributed by atoms with Gasteiger partial charge in [0.1, 0.15) is 6.10 Å². The van der Waals surface area contributed by atoms with Crippen LogP contribution >= 0.6 is 0 Å². The summed E-state index contributed by atoms with van der Waals surface area (Å²) in [6.07, 6.45) is 3.93. The molecule has 4 unspecified atom stereocenters. The molecular formula is C10H16O2. The highest BCUT2D eigenvalue weighted by Gasteiger charge is 2.45. The minimum atomic E-state index is -0.111. The van der Waals surface area contributed by atoms with Crippen molar-refractivity contribution in [2.24, 2.45) is 17.8 Å². The molecule has 2 nitrogen and oxygen atoms in total. The lowest BCUT2D eigenvalue weighted by molar-refractivity contribution is -0.149. The molecule has 2 saturated carbocycles. The van der Waals surface area contributed by atoms with Crippen LogP contribution in [-0.4, -0.2) is 12.1 Å². The molecule has 0 saturated heterocycles. The number of fused-ring (bicyclic) bond motifs is 2. The second kappa shape index (κ2) is 2.75. The molecule has 0 radical (unpaired) electrons. The van der Waals surface area contributed by atoms with E-state index < -0.39 is 0 Å². The largest absolute Gasteiger partial charge is 0.462 e. The van der Waals surface area contributed by atoms with Gasteiger partial charge in [0.25, 0.3) is 0 Å². The van der Waals surface area contributed by atoms with Crippen molar-refractivity contribution >= 4 is 5.97 Å². The van der Waals surface area contributed by atoms with Crippen LogP contribution in [0.2, 0.25) is 0 Å². The maximum atomic E-state index is 10.7. The summed E-state index contributed by atoms with van der Waals surface area (Å²) >= 11 is 0. The summed E-state index contributed by atoms with van der Waals surface area (Å²) in [4.78, 5) is 10.7. The van der Waals surface area contributed by atoms with Crippen LogP contribution in [-0.2, 0) is 9.53 Å². The van der Waals surface area contributed by atoms with Gasteiger partial charge in [-0.2, -0.15) is 0 Å². The van der Waals surface area contributed by atoms with Gasteiger partial charge in [0.2, 0.25) is 0 Å². The molecule has 2 fully saturated rings. The Morgan fingerprint density at radius 1 is 1.25 bits per heavy atom. The van der Waals surface area contributed by atoms with Gasteiger partial charge in [0.05, 0.1) is 0 Å². The second-order valence-electron chi connectivity index (χ2n) is 4.35. The highest BCUT2D eigenvalue weighted by atomic mass is 16.5. The van der Waals surface area contributed by atoms with Gasteiger partial charge >= 0.3 is 5.97 Å². The maximum Gasteiger partial charge on any atom is 0.302 e. The van der Waals surface area contributed by atoms with Crippen molar-refractivity contribution in [1.82, 2.24) is 0 Å². The standard InChI is InChI=1S/C10H16O2/c1-6-3-9-4-8(6)5-10(9)12-7(2)11/h6,8-10H,3-5H2,1-2H3. The van der Waals surface area contributed by atoms with E-state index in [1.54, 1.807) is 0 Å². The van der Waals surface area contributed by atoms with Gasteiger partial charge < -0.3 is 4.74 Å².